The largest absolute Gasteiger partial charge is 0.383 e. The molecule has 0 radical (unpaired) electrons. The molecule has 4 nitrogen and oxygen atoms in total. The van der Waals surface area contributed by atoms with Gasteiger partial charge < -0.3 is 10.5 Å². The van der Waals surface area contributed by atoms with Crippen molar-refractivity contribution in [3.05, 3.63) is 35.9 Å². The monoisotopic (exact) mass is 236 g/mol. The zero-order valence-corrected chi connectivity index (χ0v) is 10.6. The van der Waals surface area contributed by atoms with Gasteiger partial charge in [-0.15, -0.1) is 0 Å². The van der Waals surface area contributed by atoms with Gasteiger partial charge >= 0.3 is 0 Å². The van der Waals surface area contributed by atoms with Crippen molar-refractivity contribution < 1.29 is 9.53 Å². The van der Waals surface area contributed by atoms with Gasteiger partial charge in [0.15, 0.2) is 0 Å². The standard InChI is InChI=1S/C13H20N2O2/c1-13(2,12(14)16)15-11(9-17-3)10-7-5-4-6-8-10/h4-8,11,15H,9H2,1-3H3,(H2,14,16). The predicted octanol–water partition coefficient (Wildman–Crippen LogP) is 1.23. The highest BCUT2D eigenvalue weighted by molar-refractivity contribution is 5.83. The van der Waals surface area contributed by atoms with Crippen LogP contribution in [-0.4, -0.2) is 25.2 Å². The lowest BCUT2D eigenvalue weighted by molar-refractivity contribution is -0.123. The summed E-state index contributed by atoms with van der Waals surface area (Å²) in [5.74, 6) is -0.380. The Bertz CT molecular complexity index is 363. The molecule has 1 amide bonds. The van der Waals surface area contributed by atoms with E-state index in [2.05, 4.69) is 5.32 Å². The lowest BCUT2D eigenvalue weighted by Gasteiger charge is -2.29. The van der Waals surface area contributed by atoms with Crippen molar-refractivity contribution >= 4 is 5.91 Å². The molecule has 17 heavy (non-hydrogen) atoms. The number of ether oxygens (including phenoxy) is 1. The first-order valence-electron chi connectivity index (χ1n) is 5.59. The number of primary amides is 1. The van der Waals surface area contributed by atoms with E-state index >= 15 is 0 Å². The number of nitrogens with one attached hydrogen (secondary N) is 1. The van der Waals surface area contributed by atoms with Crippen LogP contribution in [0.1, 0.15) is 25.5 Å². The lowest BCUT2D eigenvalue weighted by Crippen LogP contribution is -2.52. The number of methoxy groups -OCH3 is 1. The van der Waals surface area contributed by atoms with E-state index in [1.165, 1.54) is 0 Å². The highest BCUT2D eigenvalue weighted by Gasteiger charge is 2.28. The summed E-state index contributed by atoms with van der Waals surface area (Å²) >= 11 is 0. The smallest absolute Gasteiger partial charge is 0.237 e. The summed E-state index contributed by atoms with van der Waals surface area (Å²) in [6.07, 6.45) is 0. The molecular weight excluding hydrogens is 216 g/mol. The minimum Gasteiger partial charge on any atom is -0.383 e. The quantitative estimate of drug-likeness (QED) is 0.780. The van der Waals surface area contributed by atoms with Crippen LogP contribution < -0.4 is 11.1 Å². The van der Waals surface area contributed by atoms with E-state index in [1.807, 2.05) is 30.3 Å². The van der Waals surface area contributed by atoms with E-state index in [-0.39, 0.29) is 11.9 Å². The van der Waals surface area contributed by atoms with Gasteiger partial charge in [-0.25, -0.2) is 0 Å². The van der Waals surface area contributed by atoms with Crippen molar-refractivity contribution in [2.24, 2.45) is 5.73 Å². The fourth-order valence-corrected chi connectivity index (χ4v) is 1.58. The Balaban J connectivity index is 2.84. The Hall–Kier alpha value is -1.39. The minimum absolute atomic E-state index is 0.0521. The number of benzene rings is 1. The van der Waals surface area contributed by atoms with Crippen molar-refractivity contribution in [3.8, 4) is 0 Å². The van der Waals surface area contributed by atoms with Gasteiger partial charge in [-0.2, -0.15) is 0 Å². The average molecular weight is 236 g/mol. The molecule has 0 fully saturated rings. The molecule has 0 spiro atoms. The fraction of sp³-hybridized carbons (Fsp3) is 0.462. The van der Waals surface area contributed by atoms with Crippen LogP contribution in [0.2, 0.25) is 0 Å². The maximum atomic E-state index is 11.3. The van der Waals surface area contributed by atoms with Crippen molar-refractivity contribution in [1.82, 2.24) is 5.32 Å². The topological polar surface area (TPSA) is 64.3 Å². The zero-order valence-electron chi connectivity index (χ0n) is 10.6. The second-order valence-electron chi connectivity index (χ2n) is 4.55. The van der Waals surface area contributed by atoms with Gasteiger partial charge in [-0.05, 0) is 19.4 Å². The molecule has 3 N–H and O–H groups in total. The molecule has 0 aromatic heterocycles. The molecule has 0 aliphatic carbocycles. The molecule has 0 saturated heterocycles. The summed E-state index contributed by atoms with van der Waals surface area (Å²) in [6, 6.07) is 9.80. The average Bonchev–Trinajstić information content (AvgIpc) is 2.29. The third kappa shape index (κ3) is 3.84. The van der Waals surface area contributed by atoms with Crippen molar-refractivity contribution in [3.63, 3.8) is 0 Å². The second-order valence-corrected chi connectivity index (χ2v) is 4.55. The first kappa shape index (κ1) is 13.7. The summed E-state index contributed by atoms with van der Waals surface area (Å²) in [7, 11) is 1.63. The third-order valence-corrected chi connectivity index (χ3v) is 2.69. The van der Waals surface area contributed by atoms with Crippen LogP contribution in [0.3, 0.4) is 0 Å². The van der Waals surface area contributed by atoms with Crippen LogP contribution in [0.4, 0.5) is 0 Å². The molecule has 94 valence electrons. The normalized spacial score (nSPS) is 13.4. The van der Waals surface area contributed by atoms with Gasteiger partial charge in [-0.1, -0.05) is 30.3 Å². The van der Waals surface area contributed by atoms with E-state index in [0.29, 0.717) is 6.61 Å². The Labute approximate surface area is 102 Å². The zero-order chi connectivity index (χ0) is 12.9. The van der Waals surface area contributed by atoms with Crippen LogP contribution in [0.15, 0.2) is 30.3 Å². The maximum absolute atomic E-state index is 11.3. The number of amides is 1. The van der Waals surface area contributed by atoms with Gasteiger partial charge in [0, 0.05) is 7.11 Å². The Morgan fingerprint density at radius 1 is 1.41 bits per heavy atom. The van der Waals surface area contributed by atoms with Crippen LogP contribution in [0.5, 0.6) is 0 Å². The summed E-state index contributed by atoms with van der Waals surface area (Å²) in [6.45, 7) is 4.02. The summed E-state index contributed by atoms with van der Waals surface area (Å²) < 4.78 is 5.17. The molecule has 1 aromatic rings. The molecule has 0 saturated carbocycles. The Morgan fingerprint density at radius 2 is 2.00 bits per heavy atom. The number of carbonyl (C=O) groups is 1. The van der Waals surface area contributed by atoms with E-state index in [4.69, 9.17) is 10.5 Å². The first-order chi connectivity index (χ1) is 7.97. The molecule has 0 bridgehead atoms. The van der Waals surface area contributed by atoms with Gasteiger partial charge in [0.25, 0.3) is 0 Å². The number of carbonyl (C=O) groups excluding carboxylic acids is 1. The Kier molecular flexibility index (Phi) is 4.66. The van der Waals surface area contributed by atoms with Gasteiger partial charge in [-0.3, -0.25) is 10.1 Å². The van der Waals surface area contributed by atoms with Gasteiger partial charge in [0.2, 0.25) is 5.91 Å². The third-order valence-electron chi connectivity index (χ3n) is 2.69. The summed E-state index contributed by atoms with van der Waals surface area (Å²) in [4.78, 5) is 11.3. The summed E-state index contributed by atoms with van der Waals surface area (Å²) in [5.41, 5.74) is 5.66. The van der Waals surface area contributed by atoms with Crippen LogP contribution in [0, 0.1) is 0 Å². The van der Waals surface area contributed by atoms with Crippen LogP contribution in [-0.2, 0) is 9.53 Å². The molecule has 4 heteroatoms. The predicted molar refractivity (Wildman–Crippen MR) is 67.5 cm³/mol. The molecule has 0 aliphatic rings. The molecule has 1 unspecified atom stereocenters. The van der Waals surface area contributed by atoms with E-state index in [9.17, 15) is 4.79 Å². The van der Waals surface area contributed by atoms with E-state index < -0.39 is 5.54 Å². The number of hydrogen-bond donors (Lipinski definition) is 2. The van der Waals surface area contributed by atoms with Crippen molar-refractivity contribution in [2.45, 2.75) is 25.4 Å². The number of nitrogens with two attached hydrogens (primary N) is 1. The molecule has 1 aromatic carbocycles. The highest BCUT2D eigenvalue weighted by atomic mass is 16.5. The minimum atomic E-state index is -0.765. The lowest BCUT2D eigenvalue weighted by atomic mass is 10.00. The fourth-order valence-electron chi connectivity index (χ4n) is 1.58. The molecule has 1 rings (SSSR count). The first-order valence-corrected chi connectivity index (χ1v) is 5.59. The summed E-state index contributed by atoms with van der Waals surface area (Å²) in [5, 5.41) is 3.21. The van der Waals surface area contributed by atoms with E-state index in [0.717, 1.165) is 5.56 Å². The molecule has 0 heterocycles. The second kappa shape index (κ2) is 5.80. The Morgan fingerprint density at radius 3 is 2.47 bits per heavy atom. The molecular formula is C13H20N2O2. The highest BCUT2D eigenvalue weighted by Crippen LogP contribution is 2.17. The SMILES string of the molecule is COCC(NC(C)(C)C(N)=O)c1ccccc1. The number of rotatable bonds is 6. The van der Waals surface area contributed by atoms with Crippen LogP contribution in [0.25, 0.3) is 0 Å². The van der Waals surface area contributed by atoms with Gasteiger partial charge in [0.1, 0.15) is 0 Å². The van der Waals surface area contributed by atoms with Crippen molar-refractivity contribution in [2.75, 3.05) is 13.7 Å². The van der Waals surface area contributed by atoms with E-state index in [1.54, 1.807) is 21.0 Å². The van der Waals surface area contributed by atoms with Crippen molar-refractivity contribution in [1.29, 1.82) is 0 Å². The molecule has 1 atom stereocenters. The number of hydrogen-bond acceptors (Lipinski definition) is 3. The molecule has 0 aliphatic heterocycles. The maximum Gasteiger partial charge on any atom is 0.237 e. The van der Waals surface area contributed by atoms with Crippen LogP contribution >= 0.6 is 0 Å². The van der Waals surface area contributed by atoms with Gasteiger partial charge in [0.05, 0.1) is 18.2 Å².